The van der Waals surface area contributed by atoms with Crippen LogP contribution >= 0.6 is 11.6 Å². The molecule has 0 radical (unpaired) electrons. The van der Waals surface area contributed by atoms with Crippen molar-refractivity contribution in [3.05, 3.63) is 64.3 Å². The van der Waals surface area contributed by atoms with E-state index in [1.165, 1.54) is 0 Å². The number of nitrogens with two attached hydrogens (primary N) is 1. The Bertz CT molecular complexity index is 1040. The zero-order valence-corrected chi connectivity index (χ0v) is 18.1. The fourth-order valence-electron chi connectivity index (χ4n) is 4.10. The molecule has 0 saturated carbocycles. The molecule has 1 aliphatic carbocycles. The number of hydrogen-bond donors (Lipinski definition) is 4. The molecule has 2 aromatic rings. The van der Waals surface area contributed by atoms with Gasteiger partial charge in [-0.3, -0.25) is 9.59 Å². The van der Waals surface area contributed by atoms with Crippen LogP contribution in [-0.2, 0) is 16.0 Å². The Labute approximate surface area is 186 Å². The average molecular weight is 440 g/mol. The number of carbonyl (C=O) groups is 2. The van der Waals surface area contributed by atoms with Crippen LogP contribution < -0.4 is 21.7 Å². The summed E-state index contributed by atoms with van der Waals surface area (Å²) in [6.07, 6.45) is 4.25. The minimum Gasteiger partial charge on any atom is -0.384 e. The van der Waals surface area contributed by atoms with E-state index in [1.807, 2.05) is 36.4 Å². The van der Waals surface area contributed by atoms with Crippen molar-refractivity contribution >= 4 is 34.8 Å². The van der Waals surface area contributed by atoms with Crippen LogP contribution in [0, 0.1) is 0 Å². The van der Waals surface area contributed by atoms with Crippen LogP contribution in [0.25, 0.3) is 5.57 Å². The number of aryl methyl sites for hydroxylation is 1. The van der Waals surface area contributed by atoms with Crippen molar-refractivity contribution in [2.45, 2.75) is 44.3 Å². The highest BCUT2D eigenvalue weighted by Crippen LogP contribution is 2.30. The summed E-state index contributed by atoms with van der Waals surface area (Å²) in [5, 5.41) is 9.70. The number of pyridine rings is 1. The van der Waals surface area contributed by atoms with E-state index in [0.717, 1.165) is 41.7 Å². The molecule has 1 aromatic carbocycles. The second-order valence-electron chi connectivity index (χ2n) is 7.99. The molecule has 3 atom stereocenters. The van der Waals surface area contributed by atoms with E-state index in [9.17, 15) is 9.59 Å². The van der Waals surface area contributed by atoms with Crippen LogP contribution in [-0.4, -0.2) is 35.4 Å². The Hall–Kier alpha value is -2.90. The summed E-state index contributed by atoms with van der Waals surface area (Å²) >= 11 is 6.10. The number of anilines is 1. The van der Waals surface area contributed by atoms with Gasteiger partial charge in [0, 0.05) is 17.3 Å². The summed E-state index contributed by atoms with van der Waals surface area (Å²) in [5.74, 6) is 0.0255. The Morgan fingerprint density at radius 2 is 2.10 bits per heavy atom. The van der Waals surface area contributed by atoms with Gasteiger partial charge in [0.05, 0.1) is 6.04 Å². The summed E-state index contributed by atoms with van der Waals surface area (Å²) in [6.45, 7) is 2.36. The minimum atomic E-state index is -0.662. The average Bonchev–Trinajstić information content (AvgIpc) is 3.15. The maximum absolute atomic E-state index is 12.8. The summed E-state index contributed by atoms with van der Waals surface area (Å²) in [6, 6.07) is 9.97. The molecule has 5 N–H and O–H groups in total. The van der Waals surface area contributed by atoms with Crippen LogP contribution in [0.1, 0.15) is 42.6 Å². The Morgan fingerprint density at radius 3 is 2.90 bits per heavy atom. The van der Waals surface area contributed by atoms with Crippen molar-refractivity contribution in [3.8, 4) is 0 Å². The SMILES string of the molecule is C[C@H](NC(=O)[C@@H]1C=C(c2cccc(Cl)c2)CCN1)C(=O)N[C@@H]1CCc2nc(N)ccc21. The number of amides is 2. The topological polar surface area (TPSA) is 109 Å². The number of halogens is 1. The Balaban J connectivity index is 1.37. The Morgan fingerprint density at radius 1 is 1.26 bits per heavy atom. The molecule has 0 spiro atoms. The zero-order chi connectivity index (χ0) is 22.0. The number of nitrogen functional groups attached to an aromatic ring is 1. The second-order valence-corrected chi connectivity index (χ2v) is 8.42. The first-order valence-corrected chi connectivity index (χ1v) is 10.8. The first kappa shape index (κ1) is 21.3. The molecule has 7 nitrogen and oxygen atoms in total. The van der Waals surface area contributed by atoms with Gasteiger partial charge in [-0.05, 0) is 61.1 Å². The standard InChI is InChI=1S/C23H26ClN5O2/c1-13(22(30)29-19-7-6-18-17(19)5-8-21(25)28-18)27-23(31)20-12-15(9-10-26-20)14-3-2-4-16(24)11-14/h2-5,8,11-13,19-20,26H,6-7,9-10H2,1H3,(H2,25,28)(H,27,31)(H,29,30)/t13-,19+,20-/m0/s1. The van der Waals surface area contributed by atoms with Crippen molar-refractivity contribution in [2.75, 3.05) is 12.3 Å². The predicted octanol–water partition coefficient (Wildman–Crippen LogP) is 2.37. The van der Waals surface area contributed by atoms with Crippen LogP contribution in [0.4, 0.5) is 5.82 Å². The van der Waals surface area contributed by atoms with Gasteiger partial charge in [-0.25, -0.2) is 4.98 Å². The number of hydrogen-bond acceptors (Lipinski definition) is 5. The molecule has 2 heterocycles. The molecule has 162 valence electrons. The van der Waals surface area contributed by atoms with E-state index in [2.05, 4.69) is 20.9 Å². The summed E-state index contributed by atoms with van der Waals surface area (Å²) in [7, 11) is 0. The largest absolute Gasteiger partial charge is 0.384 e. The van der Waals surface area contributed by atoms with E-state index >= 15 is 0 Å². The number of carbonyl (C=O) groups excluding carboxylic acids is 2. The molecule has 0 bridgehead atoms. The molecule has 4 rings (SSSR count). The van der Waals surface area contributed by atoms with Crippen molar-refractivity contribution in [1.82, 2.24) is 20.9 Å². The second kappa shape index (κ2) is 9.08. The lowest BCUT2D eigenvalue weighted by Crippen LogP contribution is -2.52. The number of fused-ring (bicyclic) bond motifs is 1. The first-order valence-electron chi connectivity index (χ1n) is 10.5. The van der Waals surface area contributed by atoms with Gasteiger partial charge in [-0.2, -0.15) is 0 Å². The first-order chi connectivity index (χ1) is 14.9. The molecule has 0 unspecified atom stereocenters. The molecule has 2 amide bonds. The van der Waals surface area contributed by atoms with E-state index in [4.69, 9.17) is 17.3 Å². The summed E-state index contributed by atoms with van der Waals surface area (Å²) in [5.41, 5.74) is 9.72. The molecule has 0 fully saturated rings. The molecule has 31 heavy (non-hydrogen) atoms. The lowest BCUT2D eigenvalue weighted by molar-refractivity contribution is -0.129. The van der Waals surface area contributed by atoms with Gasteiger partial charge < -0.3 is 21.7 Å². The summed E-state index contributed by atoms with van der Waals surface area (Å²) in [4.78, 5) is 29.8. The monoisotopic (exact) mass is 439 g/mol. The lowest BCUT2D eigenvalue weighted by Gasteiger charge is -2.25. The highest BCUT2D eigenvalue weighted by molar-refractivity contribution is 6.30. The highest BCUT2D eigenvalue weighted by atomic mass is 35.5. The van der Waals surface area contributed by atoms with E-state index in [1.54, 1.807) is 13.0 Å². The molecule has 2 aliphatic rings. The number of nitrogens with one attached hydrogen (secondary N) is 3. The van der Waals surface area contributed by atoms with Gasteiger partial charge in [0.15, 0.2) is 0 Å². The molecule has 1 aromatic heterocycles. The summed E-state index contributed by atoms with van der Waals surface area (Å²) < 4.78 is 0. The molecule has 1 aliphatic heterocycles. The maximum atomic E-state index is 12.8. The van der Waals surface area contributed by atoms with Gasteiger partial charge in [0.2, 0.25) is 11.8 Å². The lowest BCUT2D eigenvalue weighted by atomic mass is 9.97. The third-order valence-electron chi connectivity index (χ3n) is 5.75. The number of aromatic nitrogens is 1. The van der Waals surface area contributed by atoms with E-state index in [-0.39, 0.29) is 17.9 Å². The van der Waals surface area contributed by atoms with Crippen LogP contribution in [0.2, 0.25) is 5.02 Å². The van der Waals surface area contributed by atoms with Crippen LogP contribution in [0.15, 0.2) is 42.5 Å². The van der Waals surface area contributed by atoms with Gasteiger partial charge >= 0.3 is 0 Å². The molecular weight excluding hydrogens is 414 g/mol. The van der Waals surface area contributed by atoms with Gasteiger partial charge in [0.1, 0.15) is 17.9 Å². The van der Waals surface area contributed by atoms with Crippen molar-refractivity contribution in [2.24, 2.45) is 0 Å². The predicted molar refractivity (Wildman–Crippen MR) is 121 cm³/mol. The molecular formula is C23H26ClN5O2. The number of benzene rings is 1. The van der Waals surface area contributed by atoms with Gasteiger partial charge in [-0.1, -0.05) is 35.9 Å². The third-order valence-corrected chi connectivity index (χ3v) is 5.98. The van der Waals surface area contributed by atoms with E-state index < -0.39 is 12.1 Å². The maximum Gasteiger partial charge on any atom is 0.242 e. The molecule has 8 heteroatoms. The van der Waals surface area contributed by atoms with E-state index in [0.29, 0.717) is 17.4 Å². The van der Waals surface area contributed by atoms with Gasteiger partial charge in [0.25, 0.3) is 0 Å². The molecule has 0 saturated heterocycles. The van der Waals surface area contributed by atoms with Crippen LogP contribution in [0.3, 0.4) is 0 Å². The zero-order valence-electron chi connectivity index (χ0n) is 17.3. The van der Waals surface area contributed by atoms with Crippen LogP contribution in [0.5, 0.6) is 0 Å². The number of nitrogens with zero attached hydrogens (tertiary/aromatic N) is 1. The minimum absolute atomic E-state index is 0.114. The fourth-order valence-corrected chi connectivity index (χ4v) is 4.29. The Kier molecular flexibility index (Phi) is 6.25. The van der Waals surface area contributed by atoms with Gasteiger partial charge in [-0.15, -0.1) is 0 Å². The van der Waals surface area contributed by atoms with Crippen molar-refractivity contribution in [3.63, 3.8) is 0 Å². The third kappa shape index (κ3) is 4.89. The highest BCUT2D eigenvalue weighted by Gasteiger charge is 2.28. The van der Waals surface area contributed by atoms with Crippen molar-refractivity contribution < 1.29 is 9.59 Å². The quantitative estimate of drug-likeness (QED) is 0.572. The number of rotatable bonds is 5. The fraction of sp³-hybridized carbons (Fsp3) is 0.348. The van der Waals surface area contributed by atoms with Crippen molar-refractivity contribution in [1.29, 1.82) is 0 Å². The normalized spacial score (nSPS) is 21.0. The smallest absolute Gasteiger partial charge is 0.242 e.